The topological polar surface area (TPSA) is 96.4 Å². The molecule has 37 heavy (non-hydrogen) atoms. The molecule has 2 amide bonds. The minimum Gasteiger partial charge on any atom is -0.465 e. The lowest BCUT2D eigenvalue weighted by molar-refractivity contribution is -0.156. The van der Waals surface area contributed by atoms with Crippen LogP contribution in [-0.2, 0) is 30.3 Å². The van der Waals surface area contributed by atoms with Crippen LogP contribution < -0.4 is 0 Å². The summed E-state index contributed by atoms with van der Waals surface area (Å²) in [5.41, 5.74) is -0.357. The van der Waals surface area contributed by atoms with Gasteiger partial charge in [-0.05, 0) is 24.8 Å². The van der Waals surface area contributed by atoms with Crippen LogP contribution in [0.2, 0.25) is 0 Å². The summed E-state index contributed by atoms with van der Waals surface area (Å²) in [6.07, 6.45) is 10.7. The first-order valence-electron chi connectivity index (χ1n) is 13.5. The molecule has 4 aliphatic rings. The third-order valence-corrected chi connectivity index (χ3v) is 8.09. The highest BCUT2D eigenvalue weighted by molar-refractivity contribution is 5.99. The van der Waals surface area contributed by atoms with Crippen LogP contribution in [0.5, 0.6) is 0 Å². The minimum absolute atomic E-state index is 0.199. The molecule has 2 saturated heterocycles. The molecule has 4 heterocycles. The lowest BCUT2D eigenvalue weighted by atomic mass is 9.77. The van der Waals surface area contributed by atoms with E-state index in [1.54, 1.807) is 4.90 Å². The van der Waals surface area contributed by atoms with Gasteiger partial charge in [-0.2, -0.15) is 0 Å². The van der Waals surface area contributed by atoms with Crippen molar-refractivity contribution >= 4 is 17.8 Å². The van der Waals surface area contributed by atoms with E-state index >= 15 is 0 Å². The molecule has 1 aromatic carbocycles. The van der Waals surface area contributed by atoms with Gasteiger partial charge in [0.2, 0.25) is 11.8 Å². The van der Waals surface area contributed by atoms with Crippen molar-refractivity contribution in [3.63, 3.8) is 0 Å². The second kappa shape index (κ2) is 10.8. The summed E-state index contributed by atoms with van der Waals surface area (Å²) >= 11 is 0. The van der Waals surface area contributed by atoms with Gasteiger partial charge in [-0.3, -0.25) is 14.4 Å². The number of hydrogen-bond acceptors (Lipinski definition) is 6. The first-order valence-corrected chi connectivity index (χ1v) is 13.5. The molecule has 5 rings (SSSR count). The highest BCUT2D eigenvalue weighted by Crippen LogP contribution is 2.53. The molecule has 1 N–H and O–H groups in total. The van der Waals surface area contributed by atoms with Gasteiger partial charge in [0.25, 0.3) is 0 Å². The Morgan fingerprint density at radius 1 is 1.11 bits per heavy atom. The molecule has 1 unspecified atom stereocenters. The standard InChI is InChI=1S/C29H36N2O6/c1-2-3-8-15-30-16-10-14-29-24(23-22(37-29)13-7-9-17-36-28(23)35)26(33)31(25(29)27(30)34)21(19-32)18-20-11-5-4-6-12-20/h4-7,10-14,21-25,32H,2-3,8-9,15-19H2,1H3/t21-,22-,23+,24+,25?,29+/m1/s1. The Morgan fingerprint density at radius 3 is 2.68 bits per heavy atom. The van der Waals surface area contributed by atoms with E-state index < -0.39 is 41.6 Å². The van der Waals surface area contributed by atoms with Crippen LogP contribution in [0.3, 0.4) is 0 Å². The average molecular weight is 509 g/mol. The Morgan fingerprint density at radius 2 is 1.92 bits per heavy atom. The van der Waals surface area contributed by atoms with E-state index in [0.29, 0.717) is 25.9 Å². The Hall–Kier alpha value is -2.97. The summed E-state index contributed by atoms with van der Waals surface area (Å²) in [7, 11) is 0. The molecule has 4 aliphatic heterocycles. The number of amides is 2. The number of fused-ring (bicyclic) bond motifs is 2. The molecule has 2 fully saturated rings. The molecule has 6 atom stereocenters. The smallest absolute Gasteiger partial charge is 0.312 e. The van der Waals surface area contributed by atoms with Crippen LogP contribution in [0.15, 0.2) is 54.6 Å². The zero-order valence-electron chi connectivity index (χ0n) is 21.3. The molecular weight excluding hydrogens is 472 g/mol. The van der Waals surface area contributed by atoms with Crippen LogP contribution >= 0.6 is 0 Å². The summed E-state index contributed by atoms with van der Waals surface area (Å²) < 4.78 is 12.1. The number of unbranched alkanes of at least 4 members (excludes halogenated alkanes) is 2. The van der Waals surface area contributed by atoms with E-state index in [-0.39, 0.29) is 25.0 Å². The molecule has 0 bridgehead atoms. The number of carbonyl (C=O) groups is 3. The molecule has 1 spiro atoms. The number of esters is 1. The van der Waals surface area contributed by atoms with E-state index in [4.69, 9.17) is 9.47 Å². The highest BCUT2D eigenvalue weighted by atomic mass is 16.6. The third kappa shape index (κ3) is 4.50. The van der Waals surface area contributed by atoms with Gasteiger partial charge in [-0.25, -0.2) is 0 Å². The van der Waals surface area contributed by atoms with Crippen molar-refractivity contribution in [2.45, 2.75) is 62.8 Å². The minimum atomic E-state index is -1.30. The first-order chi connectivity index (χ1) is 18.0. The van der Waals surface area contributed by atoms with E-state index in [1.165, 1.54) is 4.90 Å². The van der Waals surface area contributed by atoms with Gasteiger partial charge in [0.15, 0.2) is 0 Å². The van der Waals surface area contributed by atoms with Crippen molar-refractivity contribution < 1.29 is 29.0 Å². The maximum atomic E-state index is 14.3. The van der Waals surface area contributed by atoms with Gasteiger partial charge < -0.3 is 24.4 Å². The largest absolute Gasteiger partial charge is 0.465 e. The molecule has 0 saturated carbocycles. The Labute approximate surface area is 217 Å². The number of hydrogen-bond donors (Lipinski definition) is 1. The van der Waals surface area contributed by atoms with Crippen molar-refractivity contribution in [3.8, 4) is 0 Å². The monoisotopic (exact) mass is 508 g/mol. The summed E-state index contributed by atoms with van der Waals surface area (Å²) in [4.78, 5) is 44.9. The Balaban J connectivity index is 1.57. The SMILES string of the molecule is CCCCCN1CC=C[C@]23O[C@@H]4C=CCCOC(=O)[C@@H]4[C@H]2C(=O)N([C@@H](CO)Cc2ccccc2)C3C1=O. The van der Waals surface area contributed by atoms with Crippen molar-refractivity contribution in [2.75, 3.05) is 26.3 Å². The number of carbonyl (C=O) groups excluding carboxylic acids is 3. The van der Waals surface area contributed by atoms with E-state index in [9.17, 15) is 19.5 Å². The Kier molecular flexibility index (Phi) is 7.49. The van der Waals surface area contributed by atoms with Gasteiger partial charge in [0.1, 0.15) is 17.6 Å². The fourth-order valence-electron chi connectivity index (χ4n) is 6.38. The number of rotatable bonds is 8. The molecule has 8 heteroatoms. The molecule has 198 valence electrons. The van der Waals surface area contributed by atoms with E-state index in [0.717, 1.165) is 24.8 Å². The van der Waals surface area contributed by atoms with Gasteiger partial charge in [-0.1, -0.05) is 74.4 Å². The summed E-state index contributed by atoms with van der Waals surface area (Å²) in [5.74, 6) is -2.77. The number of cyclic esters (lactones) is 1. The van der Waals surface area contributed by atoms with E-state index in [1.807, 2.05) is 54.6 Å². The van der Waals surface area contributed by atoms with Gasteiger partial charge >= 0.3 is 5.97 Å². The molecular formula is C29H36N2O6. The van der Waals surface area contributed by atoms with Crippen molar-refractivity contribution in [1.82, 2.24) is 9.80 Å². The van der Waals surface area contributed by atoms with Gasteiger partial charge in [0, 0.05) is 13.1 Å². The molecule has 0 aliphatic carbocycles. The van der Waals surface area contributed by atoms with Crippen molar-refractivity contribution in [3.05, 3.63) is 60.2 Å². The highest BCUT2D eigenvalue weighted by Gasteiger charge is 2.72. The van der Waals surface area contributed by atoms with Gasteiger partial charge in [0.05, 0.1) is 31.3 Å². The second-order valence-corrected chi connectivity index (χ2v) is 10.4. The molecule has 0 radical (unpaired) electrons. The Bertz CT molecular complexity index is 1070. The fraction of sp³-hybridized carbons (Fsp3) is 0.552. The summed E-state index contributed by atoms with van der Waals surface area (Å²) in [6, 6.07) is 7.99. The quantitative estimate of drug-likeness (QED) is 0.329. The molecule has 8 nitrogen and oxygen atoms in total. The zero-order valence-corrected chi connectivity index (χ0v) is 21.3. The van der Waals surface area contributed by atoms with Gasteiger partial charge in [-0.15, -0.1) is 0 Å². The average Bonchev–Trinajstić information content (AvgIpc) is 3.28. The first kappa shape index (κ1) is 25.7. The lowest BCUT2D eigenvalue weighted by Crippen LogP contribution is -2.58. The van der Waals surface area contributed by atoms with Crippen LogP contribution in [0.1, 0.15) is 38.2 Å². The predicted molar refractivity (Wildman–Crippen MR) is 136 cm³/mol. The van der Waals surface area contributed by atoms with Crippen molar-refractivity contribution in [2.24, 2.45) is 11.8 Å². The second-order valence-electron chi connectivity index (χ2n) is 10.4. The fourth-order valence-corrected chi connectivity index (χ4v) is 6.38. The summed E-state index contributed by atoms with van der Waals surface area (Å²) in [5, 5.41) is 10.5. The van der Waals surface area contributed by atoms with E-state index in [2.05, 4.69) is 6.92 Å². The maximum Gasteiger partial charge on any atom is 0.312 e. The van der Waals surface area contributed by atoms with Crippen LogP contribution in [0, 0.1) is 11.8 Å². The number of aliphatic hydroxyl groups is 1. The zero-order chi connectivity index (χ0) is 26.0. The number of nitrogens with zero attached hydrogens (tertiary/aromatic N) is 2. The molecule has 0 aromatic heterocycles. The maximum absolute atomic E-state index is 14.3. The lowest BCUT2D eigenvalue weighted by Gasteiger charge is -2.38. The number of aliphatic hydroxyl groups excluding tert-OH is 1. The third-order valence-electron chi connectivity index (χ3n) is 8.09. The predicted octanol–water partition coefficient (Wildman–Crippen LogP) is 2.26. The van der Waals surface area contributed by atoms with Crippen LogP contribution in [0.25, 0.3) is 0 Å². The van der Waals surface area contributed by atoms with Crippen LogP contribution in [-0.4, -0.2) is 82.8 Å². The number of ether oxygens (including phenoxy) is 2. The summed E-state index contributed by atoms with van der Waals surface area (Å²) in [6.45, 7) is 3.03. The molecule has 1 aromatic rings. The van der Waals surface area contributed by atoms with Crippen LogP contribution in [0.4, 0.5) is 0 Å². The number of benzene rings is 1. The van der Waals surface area contributed by atoms with Crippen molar-refractivity contribution in [1.29, 1.82) is 0 Å². The number of likely N-dealkylation sites (tertiary alicyclic amines) is 1. The normalized spacial score (nSPS) is 31.8.